The van der Waals surface area contributed by atoms with Crippen molar-refractivity contribution in [3.8, 4) is 0 Å². The minimum absolute atomic E-state index is 0.138. The standard InChI is InChI=1S/C8H13NOS/c1-6-3-8(6)5-11(9,10)4-7(8)2/h7,9H,1,3-5H2,2H3/t7-,8+,11?/m1/s1. The summed E-state index contributed by atoms with van der Waals surface area (Å²) in [6.07, 6.45) is 1.02. The maximum atomic E-state index is 11.4. The fourth-order valence-electron chi connectivity index (χ4n) is 2.19. The molecule has 2 aliphatic rings. The van der Waals surface area contributed by atoms with Gasteiger partial charge in [-0.15, -0.1) is 0 Å². The smallest absolute Gasteiger partial charge is 0.0453 e. The monoisotopic (exact) mass is 171 g/mol. The first-order chi connectivity index (χ1) is 4.96. The first-order valence-electron chi connectivity index (χ1n) is 3.89. The molecule has 1 spiro atoms. The van der Waals surface area contributed by atoms with Crippen LogP contribution in [0.25, 0.3) is 0 Å². The zero-order valence-electron chi connectivity index (χ0n) is 6.72. The molecule has 2 fully saturated rings. The molecular formula is C8H13NOS. The van der Waals surface area contributed by atoms with Crippen LogP contribution in [0.1, 0.15) is 13.3 Å². The summed E-state index contributed by atoms with van der Waals surface area (Å²) in [6.45, 7) is 6.01. The Kier molecular flexibility index (Phi) is 1.14. The van der Waals surface area contributed by atoms with Crippen LogP contribution >= 0.6 is 0 Å². The van der Waals surface area contributed by atoms with Gasteiger partial charge in [-0.2, -0.15) is 0 Å². The van der Waals surface area contributed by atoms with E-state index in [9.17, 15) is 4.21 Å². The SMILES string of the molecule is C=C1C[C@]12CS(=N)(=O)C[C@H]2C. The normalized spacial score (nSPS) is 55.4. The lowest BCUT2D eigenvalue weighted by molar-refractivity contribution is 0.455. The van der Waals surface area contributed by atoms with E-state index in [4.69, 9.17) is 4.78 Å². The summed E-state index contributed by atoms with van der Waals surface area (Å²) in [6, 6.07) is 0. The van der Waals surface area contributed by atoms with Gasteiger partial charge in [0, 0.05) is 26.6 Å². The van der Waals surface area contributed by atoms with Crippen molar-refractivity contribution in [1.29, 1.82) is 4.78 Å². The summed E-state index contributed by atoms with van der Waals surface area (Å²) in [7, 11) is -2.23. The molecule has 0 bridgehead atoms. The van der Waals surface area contributed by atoms with Crippen molar-refractivity contribution in [2.24, 2.45) is 11.3 Å². The van der Waals surface area contributed by atoms with Gasteiger partial charge >= 0.3 is 0 Å². The Balaban J connectivity index is 2.37. The van der Waals surface area contributed by atoms with Crippen LogP contribution < -0.4 is 0 Å². The van der Waals surface area contributed by atoms with Crippen molar-refractivity contribution < 1.29 is 4.21 Å². The predicted octanol–water partition coefficient (Wildman–Crippen LogP) is 1.63. The fourth-order valence-corrected chi connectivity index (χ4v) is 4.86. The molecule has 1 unspecified atom stereocenters. The van der Waals surface area contributed by atoms with Gasteiger partial charge in [-0.05, 0) is 12.3 Å². The topological polar surface area (TPSA) is 40.9 Å². The van der Waals surface area contributed by atoms with Gasteiger partial charge in [0.2, 0.25) is 0 Å². The molecule has 1 N–H and O–H groups in total. The van der Waals surface area contributed by atoms with Gasteiger partial charge in [0.25, 0.3) is 0 Å². The summed E-state index contributed by atoms with van der Waals surface area (Å²) in [5, 5.41) is 0. The van der Waals surface area contributed by atoms with E-state index in [0.29, 0.717) is 17.4 Å². The molecule has 0 aromatic heterocycles. The predicted molar refractivity (Wildman–Crippen MR) is 46.0 cm³/mol. The van der Waals surface area contributed by atoms with Crippen LogP contribution in [0.2, 0.25) is 0 Å². The van der Waals surface area contributed by atoms with Gasteiger partial charge in [0.05, 0.1) is 0 Å². The Hall–Kier alpha value is -0.310. The van der Waals surface area contributed by atoms with Crippen molar-refractivity contribution in [3.05, 3.63) is 12.2 Å². The van der Waals surface area contributed by atoms with Crippen molar-refractivity contribution in [2.75, 3.05) is 11.5 Å². The van der Waals surface area contributed by atoms with Crippen LogP contribution in [0, 0.1) is 16.1 Å². The lowest BCUT2D eigenvalue weighted by Crippen LogP contribution is -2.09. The minimum atomic E-state index is -2.23. The second kappa shape index (κ2) is 1.71. The average molecular weight is 171 g/mol. The number of hydrogen-bond donors (Lipinski definition) is 1. The number of allylic oxidation sites excluding steroid dienone is 1. The zero-order chi connectivity index (χ0) is 8.28. The van der Waals surface area contributed by atoms with E-state index >= 15 is 0 Å². The summed E-state index contributed by atoms with van der Waals surface area (Å²) < 4.78 is 18.9. The van der Waals surface area contributed by atoms with E-state index in [2.05, 4.69) is 13.5 Å². The van der Waals surface area contributed by atoms with Gasteiger partial charge in [-0.25, -0.2) is 4.21 Å². The second-order valence-corrected chi connectivity index (χ2v) is 6.21. The summed E-state index contributed by atoms with van der Waals surface area (Å²) >= 11 is 0. The van der Waals surface area contributed by atoms with Crippen molar-refractivity contribution in [1.82, 2.24) is 0 Å². The first-order valence-corrected chi connectivity index (χ1v) is 5.78. The van der Waals surface area contributed by atoms with Gasteiger partial charge in [0.15, 0.2) is 0 Å². The maximum Gasteiger partial charge on any atom is 0.0453 e. The minimum Gasteiger partial charge on any atom is -0.253 e. The first kappa shape index (κ1) is 7.35. The summed E-state index contributed by atoms with van der Waals surface area (Å²) in [5.41, 5.74) is 1.36. The van der Waals surface area contributed by atoms with Crippen LogP contribution in [0.3, 0.4) is 0 Å². The van der Waals surface area contributed by atoms with Crippen LogP contribution in [0.15, 0.2) is 12.2 Å². The highest BCUT2D eigenvalue weighted by Crippen LogP contribution is 2.60. The molecule has 11 heavy (non-hydrogen) atoms. The van der Waals surface area contributed by atoms with Crippen LogP contribution in [-0.4, -0.2) is 15.7 Å². The Bertz CT molecular complexity index is 317. The van der Waals surface area contributed by atoms with Gasteiger partial charge in [-0.3, -0.25) is 4.78 Å². The van der Waals surface area contributed by atoms with E-state index in [1.807, 2.05) is 0 Å². The Morgan fingerprint density at radius 2 is 2.36 bits per heavy atom. The number of rotatable bonds is 0. The summed E-state index contributed by atoms with van der Waals surface area (Å²) in [4.78, 5) is 0. The Labute approximate surface area is 67.7 Å². The van der Waals surface area contributed by atoms with E-state index in [1.54, 1.807) is 0 Å². The van der Waals surface area contributed by atoms with E-state index in [0.717, 1.165) is 6.42 Å². The van der Waals surface area contributed by atoms with Crippen LogP contribution in [0.4, 0.5) is 0 Å². The molecule has 3 atom stereocenters. The molecule has 3 heteroatoms. The van der Waals surface area contributed by atoms with Crippen molar-refractivity contribution >= 4 is 9.73 Å². The third-order valence-electron chi connectivity index (χ3n) is 3.06. The van der Waals surface area contributed by atoms with E-state index in [1.165, 1.54) is 5.57 Å². The molecule has 0 aromatic carbocycles. The number of hydrogen-bond acceptors (Lipinski definition) is 2. The average Bonchev–Trinajstić information content (AvgIpc) is 2.33. The van der Waals surface area contributed by atoms with Gasteiger partial charge < -0.3 is 0 Å². The quantitative estimate of drug-likeness (QED) is 0.553. The molecule has 1 saturated heterocycles. The summed E-state index contributed by atoms with van der Waals surface area (Å²) in [5.74, 6) is 1.60. The van der Waals surface area contributed by atoms with Crippen molar-refractivity contribution in [2.45, 2.75) is 13.3 Å². The van der Waals surface area contributed by atoms with E-state index < -0.39 is 9.73 Å². The Morgan fingerprint density at radius 1 is 1.82 bits per heavy atom. The molecule has 1 heterocycles. The van der Waals surface area contributed by atoms with Crippen molar-refractivity contribution in [3.63, 3.8) is 0 Å². The maximum absolute atomic E-state index is 11.4. The second-order valence-electron chi connectivity index (χ2n) is 3.96. The molecule has 0 radical (unpaired) electrons. The molecule has 2 rings (SSSR count). The third-order valence-corrected chi connectivity index (χ3v) is 5.08. The highest BCUT2D eigenvalue weighted by molar-refractivity contribution is 7.92. The molecule has 0 amide bonds. The molecule has 2 nitrogen and oxygen atoms in total. The lowest BCUT2D eigenvalue weighted by Gasteiger charge is -2.08. The zero-order valence-corrected chi connectivity index (χ0v) is 7.54. The number of nitrogens with one attached hydrogen (secondary N) is 1. The third kappa shape index (κ3) is 0.868. The molecular weight excluding hydrogens is 158 g/mol. The largest absolute Gasteiger partial charge is 0.253 e. The van der Waals surface area contributed by atoms with E-state index in [-0.39, 0.29) is 5.41 Å². The molecule has 62 valence electrons. The molecule has 1 saturated carbocycles. The molecule has 0 aromatic rings. The Morgan fingerprint density at radius 3 is 2.55 bits per heavy atom. The highest BCUT2D eigenvalue weighted by atomic mass is 32.2. The van der Waals surface area contributed by atoms with Crippen LogP contribution in [0.5, 0.6) is 0 Å². The molecule has 1 aliphatic carbocycles. The van der Waals surface area contributed by atoms with Gasteiger partial charge in [0.1, 0.15) is 0 Å². The van der Waals surface area contributed by atoms with Gasteiger partial charge in [-0.1, -0.05) is 19.1 Å². The highest BCUT2D eigenvalue weighted by Gasteiger charge is 2.57. The molecule has 1 aliphatic heterocycles. The fraction of sp³-hybridized carbons (Fsp3) is 0.750. The van der Waals surface area contributed by atoms with Crippen LogP contribution in [-0.2, 0) is 9.73 Å². The lowest BCUT2D eigenvalue weighted by atomic mass is 9.94.